The first-order valence-electron chi connectivity index (χ1n) is 7.08. The molecule has 1 unspecified atom stereocenters. The highest BCUT2D eigenvalue weighted by atomic mass is 16.5. The molecule has 1 rings (SSSR count). The van der Waals surface area contributed by atoms with Crippen molar-refractivity contribution in [2.75, 3.05) is 6.61 Å². The van der Waals surface area contributed by atoms with Gasteiger partial charge in [0.1, 0.15) is 11.5 Å². The Labute approximate surface area is 120 Å². The van der Waals surface area contributed by atoms with Gasteiger partial charge in [0.05, 0.1) is 6.61 Å². The van der Waals surface area contributed by atoms with Gasteiger partial charge in [-0.25, -0.2) is 0 Å². The Morgan fingerprint density at radius 1 is 1.35 bits per heavy atom. The van der Waals surface area contributed by atoms with E-state index in [1.54, 1.807) is 6.07 Å². The lowest BCUT2D eigenvalue weighted by Crippen LogP contribution is -2.15. The second-order valence-corrected chi connectivity index (χ2v) is 5.12. The van der Waals surface area contributed by atoms with E-state index >= 15 is 0 Å². The first-order chi connectivity index (χ1) is 9.51. The summed E-state index contributed by atoms with van der Waals surface area (Å²) in [6, 6.07) is 5.65. The molecule has 1 aromatic rings. The van der Waals surface area contributed by atoms with Crippen molar-refractivity contribution in [3.63, 3.8) is 0 Å². The summed E-state index contributed by atoms with van der Waals surface area (Å²) in [6.07, 6.45) is 4.93. The number of phenols is 2. The van der Waals surface area contributed by atoms with Crippen molar-refractivity contribution in [3.8, 4) is 11.5 Å². The van der Waals surface area contributed by atoms with Crippen molar-refractivity contribution in [2.24, 2.45) is 5.92 Å². The number of ether oxygens (including phenoxy) is 1. The van der Waals surface area contributed by atoms with Crippen molar-refractivity contribution in [1.82, 2.24) is 0 Å². The van der Waals surface area contributed by atoms with Crippen molar-refractivity contribution in [3.05, 3.63) is 23.8 Å². The maximum Gasteiger partial charge on any atom is 0.302 e. The average Bonchev–Trinajstić information content (AvgIpc) is 2.34. The molecule has 0 bridgehead atoms. The Morgan fingerprint density at radius 3 is 2.70 bits per heavy atom. The van der Waals surface area contributed by atoms with Gasteiger partial charge in [0.2, 0.25) is 0 Å². The zero-order chi connectivity index (χ0) is 15.0. The Kier molecular flexibility index (Phi) is 6.91. The summed E-state index contributed by atoms with van der Waals surface area (Å²) in [5.41, 5.74) is 0.733. The summed E-state index contributed by atoms with van der Waals surface area (Å²) < 4.78 is 5.09. The topological polar surface area (TPSA) is 66.8 Å². The van der Waals surface area contributed by atoms with Crippen molar-refractivity contribution >= 4 is 5.97 Å². The summed E-state index contributed by atoms with van der Waals surface area (Å²) >= 11 is 0. The first kappa shape index (κ1) is 16.3. The van der Waals surface area contributed by atoms with Crippen LogP contribution in [0.15, 0.2) is 12.1 Å². The number of phenolic OH excluding ortho intramolecular Hbond substituents is 2. The molecule has 4 nitrogen and oxygen atoms in total. The molecular formula is C16H23O4. The third kappa shape index (κ3) is 6.45. The van der Waals surface area contributed by atoms with Crippen LogP contribution in [0.2, 0.25) is 0 Å². The Bertz CT molecular complexity index is 408. The summed E-state index contributed by atoms with van der Waals surface area (Å²) in [5, 5.41) is 18.9. The number of hydrogen-bond donors (Lipinski definition) is 2. The number of esters is 1. The zero-order valence-electron chi connectivity index (χ0n) is 12.2. The minimum atomic E-state index is -0.284. The van der Waals surface area contributed by atoms with E-state index in [2.05, 4.69) is 13.0 Å². The molecule has 1 radical (unpaired) electrons. The lowest BCUT2D eigenvalue weighted by Gasteiger charge is -2.16. The van der Waals surface area contributed by atoms with E-state index < -0.39 is 0 Å². The van der Waals surface area contributed by atoms with Gasteiger partial charge >= 0.3 is 5.97 Å². The van der Waals surface area contributed by atoms with Gasteiger partial charge in [0, 0.05) is 19.1 Å². The van der Waals surface area contributed by atoms with Crippen LogP contribution < -0.4 is 0 Å². The fourth-order valence-electron chi connectivity index (χ4n) is 2.18. The highest BCUT2D eigenvalue weighted by Gasteiger charge is 2.13. The van der Waals surface area contributed by atoms with E-state index in [-0.39, 0.29) is 23.4 Å². The molecule has 0 saturated heterocycles. The first-order valence-corrected chi connectivity index (χ1v) is 7.08. The van der Waals surface area contributed by atoms with E-state index in [9.17, 15) is 15.0 Å². The standard InChI is InChI=1S/C16H23O4/c1-3-4-5-6-13(11-20-12(2)17)7-14-8-15(18)10-16(19)9-14/h8,10,13,18-19H,3-7,11H2,1-2H3. The molecule has 0 saturated carbocycles. The maximum atomic E-state index is 10.9. The van der Waals surface area contributed by atoms with Crippen molar-refractivity contribution < 1.29 is 19.7 Å². The van der Waals surface area contributed by atoms with Crippen LogP contribution in [0.25, 0.3) is 0 Å². The number of rotatable bonds is 8. The molecular weight excluding hydrogens is 256 g/mol. The zero-order valence-corrected chi connectivity index (χ0v) is 12.2. The Hall–Kier alpha value is -1.71. The lowest BCUT2D eigenvalue weighted by molar-refractivity contribution is -0.142. The van der Waals surface area contributed by atoms with Gasteiger partial charge in [0.25, 0.3) is 0 Å². The van der Waals surface area contributed by atoms with Crippen LogP contribution in [-0.2, 0) is 16.0 Å². The third-order valence-corrected chi connectivity index (χ3v) is 3.14. The third-order valence-electron chi connectivity index (χ3n) is 3.14. The number of hydrogen-bond acceptors (Lipinski definition) is 4. The maximum absolute atomic E-state index is 10.9. The summed E-state index contributed by atoms with van der Waals surface area (Å²) in [7, 11) is 0. The molecule has 0 spiro atoms. The molecule has 20 heavy (non-hydrogen) atoms. The van der Waals surface area contributed by atoms with Gasteiger partial charge in [-0.2, -0.15) is 0 Å². The second kappa shape index (κ2) is 8.46. The Morgan fingerprint density at radius 2 is 2.10 bits per heavy atom. The molecule has 0 aliphatic carbocycles. The van der Waals surface area contributed by atoms with Crippen LogP contribution in [0.5, 0.6) is 11.5 Å². The smallest absolute Gasteiger partial charge is 0.302 e. The molecule has 0 amide bonds. The predicted molar refractivity (Wildman–Crippen MR) is 76.6 cm³/mol. The number of carbonyl (C=O) groups excluding carboxylic acids is 1. The molecule has 0 heterocycles. The van der Waals surface area contributed by atoms with E-state index in [0.29, 0.717) is 13.0 Å². The molecule has 0 aromatic heterocycles. The van der Waals surface area contributed by atoms with E-state index in [0.717, 1.165) is 31.2 Å². The average molecular weight is 279 g/mol. The van der Waals surface area contributed by atoms with Gasteiger partial charge in [0.15, 0.2) is 0 Å². The molecule has 1 aromatic carbocycles. The fraction of sp³-hybridized carbons (Fsp3) is 0.562. The van der Waals surface area contributed by atoms with Gasteiger partial charge in [-0.05, 0) is 30.4 Å². The molecule has 4 heteroatoms. The van der Waals surface area contributed by atoms with Crippen LogP contribution in [0.3, 0.4) is 0 Å². The van der Waals surface area contributed by atoms with E-state index in [1.165, 1.54) is 13.0 Å². The summed E-state index contributed by atoms with van der Waals surface area (Å²) in [5.74, 6) is -0.146. The number of benzene rings is 1. The minimum Gasteiger partial charge on any atom is -0.508 e. The van der Waals surface area contributed by atoms with Gasteiger partial charge in [-0.15, -0.1) is 0 Å². The largest absolute Gasteiger partial charge is 0.508 e. The number of carbonyl (C=O) groups is 1. The van der Waals surface area contributed by atoms with Crippen LogP contribution in [0, 0.1) is 12.0 Å². The summed E-state index contributed by atoms with van der Waals surface area (Å²) in [4.78, 5) is 10.9. The normalized spacial score (nSPS) is 12.1. The molecule has 1 atom stereocenters. The van der Waals surface area contributed by atoms with Crippen LogP contribution in [-0.4, -0.2) is 22.8 Å². The second-order valence-electron chi connectivity index (χ2n) is 5.12. The van der Waals surface area contributed by atoms with Gasteiger partial charge in [-0.1, -0.05) is 26.2 Å². The van der Waals surface area contributed by atoms with Gasteiger partial charge < -0.3 is 14.9 Å². The SMILES string of the molecule is CCCCCC(COC(C)=O)Cc1[c]c(O)cc(O)c1. The van der Waals surface area contributed by atoms with Crippen LogP contribution in [0.1, 0.15) is 45.1 Å². The lowest BCUT2D eigenvalue weighted by atomic mass is 9.94. The Balaban J connectivity index is 2.63. The fourth-order valence-corrected chi connectivity index (χ4v) is 2.18. The highest BCUT2D eigenvalue weighted by Crippen LogP contribution is 2.23. The summed E-state index contributed by atoms with van der Waals surface area (Å²) in [6.45, 7) is 3.90. The molecule has 0 aliphatic rings. The molecule has 0 fully saturated rings. The minimum absolute atomic E-state index is 0.0241. The predicted octanol–water partition coefficient (Wildman–Crippen LogP) is 3.20. The highest BCUT2D eigenvalue weighted by molar-refractivity contribution is 5.65. The quantitative estimate of drug-likeness (QED) is 0.566. The monoisotopic (exact) mass is 279 g/mol. The van der Waals surface area contributed by atoms with Crippen molar-refractivity contribution in [2.45, 2.75) is 46.0 Å². The van der Waals surface area contributed by atoms with E-state index in [4.69, 9.17) is 4.74 Å². The molecule has 2 N–H and O–H groups in total. The number of unbranched alkanes of at least 4 members (excludes halogenated alkanes) is 2. The van der Waals surface area contributed by atoms with E-state index in [1.807, 2.05) is 0 Å². The number of aromatic hydroxyl groups is 2. The van der Waals surface area contributed by atoms with Gasteiger partial charge in [-0.3, -0.25) is 4.79 Å². The van der Waals surface area contributed by atoms with Crippen molar-refractivity contribution in [1.29, 1.82) is 0 Å². The molecule has 0 aliphatic heterocycles. The van der Waals surface area contributed by atoms with Crippen LogP contribution >= 0.6 is 0 Å². The molecule has 111 valence electrons. The van der Waals surface area contributed by atoms with Crippen LogP contribution in [0.4, 0.5) is 0 Å².